The lowest BCUT2D eigenvalue weighted by molar-refractivity contribution is -0.153. The number of benzene rings is 1. The molecule has 13 heteroatoms. The van der Waals surface area contributed by atoms with Crippen LogP contribution < -0.4 is 20.4 Å². The van der Waals surface area contributed by atoms with E-state index in [1.807, 2.05) is 11.8 Å². The van der Waals surface area contributed by atoms with Gasteiger partial charge in [0.2, 0.25) is 11.8 Å². The first-order valence-corrected chi connectivity index (χ1v) is 12.1. The van der Waals surface area contributed by atoms with Crippen LogP contribution in [0.5, 0.6) is 0 Å². The Balaban J connectivity index is 1.65. The number of fused-ring (bicyclic) bond motifs is 5. The summed E-state index contributed by atoms with van der Waals surface area (Å²) >= 11 is 1.05. The Bertz CT molecular complexity index is 1570. The largest absolute Gasteiger partial charge is 0.372 e. The fourth-order valence-corrected chi connectivity index (χ4v) is 6.54. The summed E-state index contributed by atoms with van der Waals surface area (Å²) in [5.74, 6) is -1.24. The Morgan fingerprint density at radius 1 is 1.22 bits per heavy atom. The normalized spacial score (nSPS) is 24.8. The summed E-state index contributed by atoms with van der Waals surface area (Å²) in [6, 6.07) is 2.24. The average molecular weight is 509 g/mol. The van der Waals surface area contributed by atoms with E-state index in [2.05, 4.69) is 21.9 Å². The third kappa shape index (κ3) is 2.85. The summed E-state index contributed by atoms with van der Waals surface area (Å²) in [7, 11) is 0. The second-order valence-electron chi connectivity index (χ2n) is 9.37. The SMILES string of the molecule is Cc1cn(-c2noc3c(C#N)c4c(cc23)CC2(C(=O)NC(=O)NC2=O)[C@H]2[C@H](C)O[C@H](C)CN42)c(=O)s1. The van der Waals surface area contributed by atoms with E-state index < -0.39 is 35.4 Å². The number of aryl methyl sites for hydroxylation is 1. The molecular weight excluding hydrogens is 488 g/mol. The van der Waals surface area contributed by atoms with Crippen LogP contribution in [0.25, 0.3) is 16.8 Å². The van der Waals surface area contributed by atoms with Gasteiger partial charge < -0.3 is 14.2 Å². The Morgan fingerprint density at radius 3 is 2.58 bits per heavy atom. The number of imide groups is 2. The molecule has 3 aromatic rings. The summed E-state index contributed by atoms with van der Waals surface area (Å²) in [5.41, 5.74) is -0.239. The maximum absolute atomic E-state index is 13.4. The van der Waals surface area contributed by atoms with Crippen LogP contribution in [0.4, 0.5) is 10.5 Å². The van der Waals surface area contributed by atoms with Gasteiger partial charge in [0, 0.05) is 17.6 Å². The molecule has 3 atom stereocenters. The molecule has 184 valence electrons. The van der Waals surface area contributed by atoms with Gasteiger partial charge >= 0.3 is 10.9 Å². The van der Waals surface area contributed by atoms with Gasteiger partial charge in [0.15, 0.2) is 16.8 Å². The number of nitriles is 1. The van der Waals surface area contributed by atoms with Gasteiger partial charge in [0.1, 0.15) is 11.6 Å². The molecule has 0 aliphatic carbocycles. The smallest absolute Gasteiger partial charge is 0.328 e. The van der Waals surface area contributed by atoms with Crippen LogP contribution in [0, 0.1) is 23.7 Å². The predicted molar refractivity (Wildman–Crippen MR) is 126 cm³/mol. The number of hydrogen-bond donors (Lipinski definition) is 2. The minimum atomic E-state index is -1.69. The molecule has 0 bridgehead atoms. The van der Waals surface area contributed by atoms with E-state index >= 15 is 0 Å². The average Bonchev–Trinajstić information content (AvgIpc) is 3.36. The number of ether oxygens (including phenoxy) is 1. The number of morpholine rings is 1. The standard InChI is InChI=1S/C23H20N6O6S/c1-9-7-28-15-12(5-23(17(28)11(3)34-9)19(30)25-21(32)26-20(23)31)4-13-16(14(15)6-24)35-27-18(13)29-8-10(2)36-22(29)33/h4,8-9,11,17H,5,7H2,1-3H3,(H2,25,26,30,31,32)/t9-,11+,17-/m1/s1. The van der Waals surface area contributed by atoms with Crippen molar-refractivity contribution >= 4 is 45.8 Å². The second-order valence-corrected chi connectivity index (χ2v) is 10.6. The van der Waals surface area contributed by atoms with Crippen molar-refractivity contribution in [3.8, 4) is 11.9 Å². The van der Waals surface area contributed by atoms with Crippen LogP contribution in [0.15, 0.2) is 21.6 Å². The van der Waals surface area contributed by atoms with Crippen molar-refractivity contribution in [2.75, 3.05) is 11.4 Å². The van der Waals surface area contributed by atoms with Crippen LogP contribution in [0.3, 0.4) is 0 Å². The molecule has 1 spiro atoms. The lowest BCUT2D eigenvalue weighted by Gasteiger charge is -2.55. The molecule has 2 fully saturated rings. The molecule has 0 saturated carbocycles. The molecule has 12 nitrogen and oxygen atoms in total. The Morgan fingerprint density at radius 2 is 1.94 bits per heavy atom. The first-order chi connectivity index (χ1) is 17.1. The van der Waals surface area contributed by atoms with Gasteiger partial charge in [-0.25, -0.2) is 4.79 Å². The van der Waals surface area contributed by atoms with Crippen LogP contribution in [0.2, 0.25) is 0 Å². The lowest BCUT2D eigenvalue weighted by Crippen LogP contribution is -2.75. The number of carbonyl (C=O) groups excluding carboxylic acids is 3. The zero-order valence-corrected chi connectivity index (χ0v) is 20.3. The van der Waals surface area contributed by atoms with Crippen molar-refractivity contribution in [2.24, 2.45) is 5.41 Å². The molecule has 4 amide bonds. The third-order valence-corrected chi connectivity index (χ3v) is 7.90. The van der Waals surface area contributed by atoms with Crippen molar-refractivity contribution in [3.05, 3.63) is 37.9 Å². The van der Waals surface area contributed by atoms with Gasteiger partial charge in [-0.1, -0.05) is 16.5 Å². The number of aromatic nitrogens is 2. The molecule has 36 heavy (non-hydrogen) atoms. The van der Waals surface area contributed by atoms with Crippen LogP contribution in [0.1, 0.15) is 29.9 Å². The van der Waals surface area contributed by atoms with E-state index in [4.69, 9.17) is 9.26 Å². The highest BCUT2D eigenvalue weighted by molar-refractivity contribution is 7.09. The van der Waals surface area contributed by atoms with E-state index in [1.54, 1.807) is 26.1 Å². The van der Waals surface area contributed by atoms with Crippen molar-refractivity contribution in [1.29, 1.82) is 5.26 Å². The van der Waals surface area contributed by atoms with Crippen molar-refractivity contribution in [1.82, 2.24) is 20.4 Å². The van der Waals surface area contributed by atoms with Crippen LogP contribution in [-0.2, 0) is 20.7 Å². The van der Waals surface area contributed by atoms with E-state index in [0.29, 0.717) is 23.2 Å². The van der Waals surface area contributed by atoms with Crippen molar-refractivity contribution < 1.29 is 23.6 Å². The van der Waals surface area contributed by atoms with Crippen molar-refractivity contribution in [2.45, 2.75) is 45.4 Å². The summed E-state index contributed by atoms with van der Waals surface area (Å²) in [6.45, 7) is 5.71. The van der Waals surface area contributed by atoms with Crippen LogP contribution in [-0.4, -0.2) is 52.4 Å². The molecule has 1 aromatic carbocycles. The first-order valence-electron chi connectivity index (χ1n) is 11.3. The van der Waals surface area contributed by atoms with Gasteiger partial charge in [-0.2, -0.15) is 5.26 Å². The van der Waals surface area contributed by atoms with Gasteiger partial charge in [-0.05, 0) is 38.8 Å². The number of thiazole rings is 1. The number of nitrogens with zero attached hydrogens (tertiary/aromatic N) is 4. The highest BCUT2D eigenvalue weighted by Gasteiger charge is 2.63. The van der Waals surface area contributed by atoms with E-state index in [9.17, 15) is 24.4 Å². The lowest BCUT2D eigenvalue weighted by atomic mass is 9.66. The molecule has 0 radical (unpaired) electrons. The fraction of sp³-hybridized carbons (Fsp3) is 0.391. The Kier molecular flexibility index (Phi) is 4.67. The quantitative estimate of drug-likeness (QED) is 0.459. The highest BCUT2D eigenvalue weighted by Crippen LogP contribution is 2.49. The molecule has 3 aliphatic heterocycles. The third-order valence-electron chi connectivity index (χ3n) is 7.10. The molecular formula is C23H20N6O6S. The van der Waals surface area contributed by atoms with E-state index in [0.717, 1.165) is 16.2 Å². The van der Waals surface area contributed by atoms with Crippen LogP contribution >= 0.6 is 11.3 Å². The number of carbonyl (C=O) groups is 3. The van der Waals surface area contributed by atoms with Gasteiger partial charge in [0.25, 0.3) is 0 Å². The summed E-state index contributed by atoms with van der Waals surface area (Å²) in [4.78, 5) is 53.5. The topological polar surface area (TPSA) is 160 Å². The first kappa shape index (κ1) is 22.4. The number of barbiturate groups is 1. The predicted octanol–water partition coefficient (Wildman–Crippen LogP) is 1.11. The van der Waals surface area contributed by atoms with E-state index in [1.165, 1.54) is 4.57 Å². The zero-order valence-electron chi connectivity index (χ0n) is 19.4. The fourth-order valence-electron chi connectivity index (χ4n) is 5.87. The van der Waals surface area contributed by atoms with Gasteiger partial charge in [-0.3, -0.25) is 29.6 Å². The monoisotopic (exact) mass is 508 g/mol. The number of rotatable bonds is 1. The van der Waals surface area contributed by atoms with Gasteiger partial charge in [0.05, 0.1) is 29.3 Å². The zero-order chi connectivity index (χ0) is 25.5. The number of hydrogen-bond acceptors (Lipinski definition) is 10. The molecule has 5 heterocycles. The van der Waals surface area contributed by atoms with Gasteiger partial charge in [-0.15, -0.1) is 0 Å². The molecule has 0 unspecified atom stereocenters. The second kappa shape index (κ2) is 7.49. The minimum Gasteiger partial charge on any atom is -0.372 e. The number of urea groups is 1. The van der Waals surface area contributed by atoms with Crippen molar-refractivity contribution in [3.63, 3.8) is 0 Å². The van der Waals surface area contributed by atoms with E-state index in [-0.39, 0.29) is 34.4 Å². The number of amides is 4. The molecule has 6 rings (SSSR count). The minimum absolute atomic E-state index is 0.0939. The maximum atomic E-state index is 13.4. The summed E-state index contributed by atoms with van der Waals surface area (Å²) < 4.78 is 13.0. The molecule has 2 saturated heterocycles. The molecule has 2 aromatic heterocycles. The molecule has 2 N–H and O–H groups in total. The Labute approximate surface area is 207 Å². The Hall–Kier alpha value is -4.02. The summed E-state index contributed by atoms with van der Waals surface area (Å²) in [5, 5.41) is 19.2. The highest BCUT2D eigenvalue weighted by atomic mass is 32.1. The number of nitrogens with one attached hydrogen (secondary N) is 2. The number of anilines is 1. The summed E-state index contributed by atoms with van der Waals surface area (Å²) in [6.07, 6.45) is 0.692. The molecule has 3 aliphatic rings. The maximum Gasteiger partial charge on any atom is 0.328 e.